The van der Waals surface area contributed by atoms with Crippen LogP contribution in [0.3, 0.4) is 0 Å². The second-order valence-electron chi connectivity index (χ2n) is 4.76. The van der Waals surface area contributed by atoms with E-state index in [1.54, 1.807) is 25.4 Å². The zero-order chi connectivity index (χ0) is 15.9. The van der Waals surface area contributed by atoms with Gasteiger partial charge in [0.15, 0.2) is 0 Å². The summed E-state index contributed by atoms with van der Waals surface area (Å²) in [5, 5.41) is 6.69. The van der Waals surface area contributed by atoms with Crippen LogP contribution in [0, 0.1) is 6.92 Å². The van der Waals surface area contributed by atoms with E-state index in [0.717, 1.165) is 16.9 Å². The SMILES string of the molecule is COCCNC(=O)c1cc(Nc2ccc(Cl)cc2C)ccn1. The van der Waals surface area contributed by atoms with Crippen molar-refractivity contribution in [3.05, 3.63) is 52.8 Å². The highest BCUT2D eigenvalue weighted by Gasteiger charge is 2.08. The Morgan fingerprint density at radius 2 is 2.14 bits per heavy atom. The smallest absolute Gasteiger partial charge is 0.270 e. The minimum Gasteiger partial charge on any atom is -0.383 e. The minimum absolute atomic E-state index is 0.228. The Morgan fingerprint density at radius 1 is 1.32 bits per heavy atom. The molecule has 0 bridgehead atoms. The van der Waals surface area contributed by atoms with Crippen molar-refractivity contribution in [3.8, 4) is 0 Å². The van der Waals surface area contributed by atoms with Crippen LogP contribution in [-0.4, -0.2) is 31.2 Å². The number of amides is 1. The molecule has 0 aliphatic carbocycles. The maximum atomic E-state index is 12.0. The standard InChI is InChI=1S/C16H18ClN3O2/c1-11-9-12(17)3-4-14(11)20-13-5-6-18-15(10-13)16(21)19-7-8-22-2/h3-6,9-10H,7-8H2,1-2H3,(H,18,20)(H,19,21). The first kappa shape index (κ1) is 16.3. The summed E-state index contributed by atoms with van der Waals surface area (Å²) in [6.45, 7) is 2.88. The van der Waals surface area contributed by atoms with Gasteiger partial charge >= 0.3 is 0 Å². The molecule has 5 nitrogen and oxygen atoms in total. The zero-order valence-electron chi connectivity index (χ0n) is 12.5. The van der Waals surface area contributed by atoms with Crippen molar-refractivity contribution in [1.82, 2.24) is 10.3 Å². The predicted octanol–water partition coefficient (Wildman–Crippen LogP) is 3.16. The van der Waals surface area contributed by atoms with Crippen LogP contribution in [0.5, 0.6) is 0 Å². The van der Waals surface area contributed by atoms with E-state index < -0.39 is 0 Å². The number of pyridine rings is 1. The number of hydrogen-bond donors (Lipinski definition) is 2. The quantitative estimate of drug-likeness (QED) is 0.803. The number of nitrogens with one attached hydrogen (secondary N) is 2. The lowest BCUT2D eigenvalue weighted by atomic mass is 10.2. The number of rotatable bonds is 6. The van der Waals surface area contributed by atoms with E-state index in [0.29, 0.717) is 23.9 Å². The van der Waals surface area contributed by atoms with E-state index in [9.17, 15) is 4.79 Å². The van der Waals surface area contributed by atoms with Crippen molar-refractivity contribution in [2.24, 2.45) is 0 Å². The molecule has 6 heteroatoms. The Labute approximate surface area is 134 Å². The van der Waals surface area contributed by atoms with Gasteiger partial charge in [-0.3, -0.25) is 9.78 Å². The second kappa shape index (κ2) is 7.77. The number of anilines is 2. The number of benzene rings is 1. The lowest BCUT2D eigenvalue weighted by molar-refractivity contribution is 0.0932. The summed E-state index contributed by atoms with van der Waals surface area (Å²) in [6, 6.07) is 9.10. The van der Waals surface area contributed by atoms with Gasteiger partial charge in [-0.05, 0) is 42.8 Å². The summed E-state index contributed by atoms with van der Waals surface area (Å²) in [7, 11) is 1.59. The van der Waals surface area contributed by atoms with Gasteiger partial charge in [0.1, 0.15) is 5.69 Å². The van der Waals surface area contributed by atoms with Crippen LogP contribution in [0.15, 0.2) is 36.5 Å². The fourth-order valence-electron chi connectivity index (χ4n) is 1.91. The van der Waals surface area contributed by atoms with Gasteiger partial charge in [0.2, 0.25) is 0 Å². The highest BCUT2D eigenvalue weighted by atomic mass is 35.5. The molecular formula is C16H18ClN3O2. The van der Waals surface area contributed by atoms with Crippen molar-refractivity contribution in [2.45, 2.75) is 6.92 Å². The van der Waals surface area contributed by atoms with Crippen molar-refractivity contribution < 1.29 is 9.53 Å². The van der Waals surface area contributed by atoms with Gasteiger partial charge in [-0.2, -0.15) is 0 Å². The number of halogens is 1. The maximum Gasteiger partial charge on any atom is 0.270 e. The molecule has 0 unspecified atom stereocenters. The highest BCUT2D eigenvalue weighted by molar-refractivity contribution is 6.30. The van der Waals surface area contributed by atoms with Crippen LogP contribution in [0.1, 0.15) is 16.1 Å². The molecule has 0 atom stereocenters. The van der Waals surface area contributed by atoms with Gasteiger partial charge in [0, 0.05) is 36.2 Å². The van der Waals surface area contributed by atoms with Crippen molar-refractivity contribution in [1.29, 1.82) is 0 Å². The molecule has 0 spiro atoms. The first-order chi connectivity index (χ1) is 10.6. The normalized spacial score (nSPS) is 10.3. The molecule has 22 heavy (non-hydrogen) atoms. The highest BCUT2D eigenvalue weighted by Crippen LogP contribution is 2.23. The van der Waals surface area contributed by atoms with Crippen LogP contribution in [0.2, 0.25) is 5.02 Å². The fraction of sp³-hybridized carbons (Fsp3) is 0.250. The molecule has 0 fully saturated rings. The van der Waals surface area contributed by atoms with Crippen molar-refractivity contribution in [3.63, 3.8) is 0 Å². The largest absolute Gasteiger partial charge is 0.383 e. The van der Waals surface area contributed by atoms with Crippen LogP contribution in [0.4, 0.5) is 11.4 Å². The summed E-state index contributed by atoms with van der Waals surface area (Å²) >= 11 is 5.95. The third kappa shape index (κ3) is 4.44. The average molecular weight is 320 g/mol. The molecule has 0 aliphatic heterocycles. The number of aryl methyl sites for hydroxylation is 1. The van der Waals surface area contributed by atoms with Crippen molar-refractivity contribution >= 4 is 28.9 Å². The molecule has 1 aromatic carbocycles. The lowest BCUT2D eigenvalue weighted by Gasteiger charge is -2.11. The van der Waals surface area contributed by atoms with Gasteiger partial charge in [-0.25, -0.2) is 0 Å². The van der Waals surface area contributed by atoms with Gasteiger partial charge < -0.3 is 15.4 Å². The Kier molecular flexibility index (Phi) is 5.75. The number of nitrogens with zero attached hydrogens (tertiary/aromatic N) is 1. The molecule has 0 saturated carbocycles. The number of carbonyl (C=O) groups is 1. The summed E-state index contributed by atoms with van der Waals surface area (Å²) in [5.74, 6) is -0.228. The first-order valence-corrected chi connectivity index (χ1v) is 7.24. The number of methoxy groups -OCH3 is 1. The third-order valence-electron chi connectivity index (χ3n) is 3.05. The van der Waals surface area contributed by atoms with Gasteiger partial charge in [-0.1, -0.05) is 11.6 Å². The summed E-state index contributed by atoms with van der Waals surface area (Å²) in [4.78, 5) is 16.0. The third-order valence-corrected chi connectivity index (χ3v) is 3.29. The number of aromatic nitrogens is 1. The summed E-state index contributed by atoms with van der Waals surface area (Å²) < 4.78 is 4.90. The number of carbonyl (C=O) groups excluding carboxylic acids is 1. The summed E-state index contributed by atoms with van der Waals surface area (Å²) in [5.41, 5.74) is 3.10. The van der Waals surface area contributed by atoms with Crippen LogP contribution in [-0.2, 0) is 4.74 Å². The molecular weight excluding hydrogens is 302 g/mol. The molecule has 1 amide bonds. The molecule has 1 heterocycles. The Morgan fingerprint density at radius 3 is 2.86 bits per heavy atom. The van der Waals surface area contributed by atoms with Gasteiger partial charge in [-0.15, -0.1) is 0 Å². The van der Waals surface area contributed by atoms with Crippen LogP contribution < -0.4 is 10.6 Å². The van der Waals surface area contributed by atoms with E-state index in [4.69, 9.17) is 16.3 Å². The molecule has 0 saturated heterocycles. The maximum absolute atomic E-state index is 12.0. The average Bonchev–Trinajstić information content (AvgIpc) is 2.50. The Bertz CT molecular complexity index is 662. The number of ether oxygens (including phenoxy) is 1. The van der Waals surface area contributed by atoms with Crippen molar-refractivity contribution in [2.75, 3.05) is 25.6 Å². The van der Waals surface area contributed by atoms with E-state index in [1.165, 1.54) is 0 Å². The molecule has 1 aromatic heterocycles. The van der Waals surface area contributed by atoms with E-state index in [1.807, 2.05) is 25.1 Å². The first-order valence-electron chi connectivity index (χ1n) is 6.86. The lowest BCUT2D eigenvalue weighted by Crippen LogP contribution is -2.27. The molecule has 116 valence electrons. The monoisotopic (exact) mass is 319 g/mol. The molecule has 2 rings (SSSR count). The second-order valence-corrected chi connectivity index (χ2v) is 5.20. The predicted molar refractivity (Wildman–Crippen MR) is 87.9 cm³/mol. The van der Waals surface area contributed by atoms with Crippen LogP contribution in [0.25, 0.3) is 0 Å². The van der Waals surface area contributed by atoms with E-state index >= 15 is 0 Å². The zero-order valence-corrected chi connectivity index (χ0v) is 13.3. The molecule has 0 aliphatic rings. The van der Waals surface area contributed by atoms with E-state index in [2.05, 4.69) is 15.6 Å². The van der Waals surface area contributed by atoms with Crippen LogP contribution >= 0.6 is 11.6 Å². The molecule has 2 N–H and O–H groups in total. The minimum atomic E-state index is -0.228. The number of hydrogen-bond acceptors (Lipinski definition) is 4. The van der Waals surface area contributed by atoms with Gasteiger partial charge in [0.25, 0.3) is 5.91 Å². The summed E-state index contributed by atoms with van der Waals surface area (Å²) in [6.07, 6.45) is 1.60. The fourth-order valence-corrected chi connectivity index (χ4v) is 2.14. The Balaban J connectivity index is 2.09. The Hall–Kier alpha value is -2.11. The van der Waals surface area contributed by atoms with Gasteiger partial charge in [0.05, 0.1) is 6.61 Å². The molecule has 2 aromatic rings. The van der Waals surface area contributed by atoms with E-state index in [-0.39, 0.29) is 5.91 Å². The topological polar surface area (TPSA) is 63.2 Å². The molecule has 0 radical (unpaired) electrons.